The van der Waals surface area contributed by atoms with Crippen LogP contribution >= 0.6 is 0 Å². The summed E-state index contributed by atoms with van der Waals surface area (Å²) in [5, 5.41) is 59.0. The Bertz CT molecular complexity index is 1740. The van der Waals surface area contributed by atoms with Crippen LogP contribution in [0.15, 0.2) is 65.7 Å². The highest BCUT2D eigenvalue weighted by Crippen LogP contribution is 2.49. The zero-order chi connectivity index (χ0) is 37.8. The zero-order valence-corrected chi connectivity index (χ0v) is 31.5. The molecule has 0 unspecified atom stereocenters. The van der Waals surface area contributed by atoms with E-state index in [1.807, 2.05) is 30.5 Å². The first-order valence-electron chi connectivity index (χ1n) is 20.3. The van der Waals surface area contributed by atoms with Crippen LogP contribution in [0.1, 0.15) is 87.4 Å². The minimum absolute atomic E-state index is 0.00408. The van der Waals surface area contributed by atoms with Crippen molar-refractivity contribution in [2.75, 3.05) is 19.8 Å². The Morgan fingerprint density at radius 3 is 2.67 bits per heavy atom. The Morgan fingerprint density at radius 2 is 1.89 bits per heavy atom. The fourth-order valence-corrected chi connectivity index (χ4v) is 9.90. The van der Waals surface area contributed by atoms with Gasteiger partial charge in [-0.15, -0.1) is 0 Å². The monoisotopic (exact) mass is 741 g/mol. The van der Waals surface area contributed by atoms with Gasteiger partial charge in [0, 0.05) is 48.0 Å². The predicted molar refractivity (Wildman–Crippen MR) is 207 cm³/mol. The lowest BCUT2D eigenvalue weighted by Gasteiger charge is -2.43. The summed E-state index contributed by atoms with van der Waals surface area (Å²) in [6, 6.07) is 7.70. The van der Waals surface area contributed by atoms with E-state index in [0.29, 0.717) is 44.0 Å². The van der Waals surface area contributed by atoms with Gasteiger partial charge in [0.15, 0.2) is 11.5 Å². The fraction of sp³-hybridized carbons (Fsp3) is 0.591. The number of aromatic amines is 1. The molecule has 7 rings (SSSR count). The molecule has 0 saturated heterocycles. The first kappa shape index (κ1) is 38.6. The van der Waals surface area contributed by atoms with Crippen LogP contribution < -0.4 is 15.8 Å². The molecule has 0 amide bonds. The van der Waals surface area contributed by atoms with Crippen molar-refractivity contribution < 1.29 is 35.0 Å². The van der Waals surface area contributed by atoms with Gasteiger partial charge in [-0.3, -0.25) is 0 Å². The van der Waals surface area contributed by atoms with Gasteiger partial charge in [0.25, 0.3) is 0 Å². The van der Waals surface area contributed by atoms with E-state index < -0.39 is 24.4 Å². The van der Waals surface area contributed by atoms with Gasteiger partial charge in [-0.05, 0) is 111 Å². The largest absolute Gasteiger partial charge is 0.504 e. The number of hydrogen-bond donors (Lipinski definition) is 8. The molecule has 9 N–H and O–H groups in total. The van der Waals surface area contributed by atoms with Crippen LogP contribution in [-0.4, -0.2) is 80.8 Å². The number of aliphatic hydroxyl groups excluding tert-OH is 4. The standard InChI is InChI=1S/C44H59N3O7/c1-2-26-6-3-4-8-39(53-19-18-48)42-30(10-9-26)20-27-11-12-28-21-37(50)40(25-35(28)34(27)24-38(42)51)54-44-32(13-14-36(49)43(44)52)33(23-31-7-5-16-46-31)29-15-17-47-41(45)22-29/h5,7,15-16,20-22,25-26,30,32-34,36,38-39,42-44,46-52H,2-4,6,8,11-14,17-19,23-24,45H2,1H3/t26-,30+,32-,33-,34-,36+,38-,39+,42+,43-,44+/m1/s1. The third kappa shape index (κ3) is 8.41. The molecular formula is C44H59N3O7. The lowest BCUT2D eigenvalue weighted by molar-refractivity contribution is -0.108. The van der Waals surface area contributed by atoms with Gasteiger partial charge in [0.2, 0.25) is 0 Å². The number of fused-ring (bicyclic) bond motifs is 4. The number of allylic oxidation sites excluding steroid dienone is 4. The molecule has 2 heterocycles. The molecule has 10 nitrogen and oxygen atoms in total. The lowest BCUT2D eigenvalue weighted by Crippen LogP contribution is -2.52. The average Bonchev–Trinajstić information content (AvgIpc) is 3.64. The molecule has 1 saturated carbocycles. The summed E-state index contributed by atoms with van der Waals surface area (Å²) in [4.78, 5) is 3.33. The van der Waals surface area contributed by atoms with Gasteiger partial charge in [-0.1, -0.05) is 49.3 Å². The number of phenols is 1. The second-order valence-electron chi connectivity index (χ2n) is 16.1. The van der Waals surface area contributed by atoms with Crippen molar-refractivity contribution in [2.45, 2.75) is 114 Å². The smallest absolute Gasteiger partial charge is 0.161 e. The van der Waals surface area contributed by atoms with E-state index in [4.69, 9.17) is 15.2 Å². The summed E-state index contributed by atoms with van der Waals surface area (Å²) in [6.45, 7) is 2.93. The van der Waals surface area contributed by atoms with Crippen molar-refractivity contribution in [1.82, 2.24) is 10.3 Å². The van der Waals surface area contributed by atoms with Crippen LogP contribution in [0.3, 0.4) is 0 Å². The zero-order valence-electron chi connectivity index (χ0n) is 31.5. The number of phenolic OH excluding ortho intramolecular Hbond substituents is 1. The van der Waals surface area contributed by atoms with Crippen molar-refractivity contribution in [3.8, 4) is 23.3 Å². The molecule has 1 fully saturated rings. The SMILES string of the molecule is CC[C@H]1C#C[C@H]2C=C3CCc4cc(O)c(O[C@@H]5[C@H](O)[C@@H](O)CC[C@@H]5[C@H](Cc5ccc[nH]5)C5=CCNC(N)=C5)cc4[C@@H]3C[C@@H](O)[C@H]2[C@@H](OCCO)CCCC1. The Morgan fingerprint density at radius 1 is 1.04 bits per heavy atom. The van der Waals surface area contributed by atoms with Crippen LogP contribution in [0.2, 0.25) is 0 Å². The number of benzene rings is 1. The molecule has 11 atom stereocenters. The summed E-state index contributed by atoms with van der Waals surface area (Å²) >= 11 is 0. The summed E-state index contributed by atoms with van der Waals surface area (Å²) in [5.74, 6) is 7.52. The highest BCUT2D eigenvalue weighted by Gasteiger charge is 2.45. The first-order chi connectivity index (χ1) is 26.2. The molecule has 0 radical (unpaired) electrons. The van der Waals surface area contributed by atoms with Crippen molar-refractivity contribution in [3.05, 3.63) is 82.5 Å². The number of ether oxygens (including phenoxy) is 2. The van der Waals surface area contributed by atoms with Crippen LogP contribution in [0.4, 0.5) is 0 Å². The molecule has 4 aliphatic carbocycles. The number of nitrogens with one attached hydrogen (secondary N) is 2. The van der Waals surface area contributed by atoms with Crippen molar-refractivity contribution in [2.24, 2.45) is 35.3 Å². The highest BCUT2D eigenvalue weighted by molar-refractivity contribution is 5.52. The minimum atomic E-state index is -1.17. The Hall–Kier alpha value is -3.72. The number of aliphatic hydroxyl groups is 4. The van der Waals surface area contributed by atoms with E-state index in [0.717, 1.165) is 67.3 Å². The molecule has 2 aromatic rings. The van der Waals surface area contributed by atoms with Gasteiger partial charge in [-0.2, -0.15) is 0 Å². The maximum absolute atomic E-state index is 12.1. The maximum Gasteiger partial charge on any atom is 0.161 e. The summed E-state index contributed by atoms with van der Waals surface area (Å²) in [7, 11) is 0. The highest BCUT2D eigenvalue weighted by atomic mass is 16.5. The van der Waals surface area contributed by atoms with Crippen LogP contribution in [0.25, 0.3) is 0 Å². The molecule has 1 aromatic heterocycles. The van der Waals surface area contributed by atoms with E-state index in [1.54, 1.807) is 6.07 Å². The average molecular weight is 742 g/mol. The van der Waals surface area contributed by atoms with E-state index in [1.165, 1.54) is 5.57 Å². The van der Waals surface area contributed by atoms with Crippen molar-refractivity contribution in [3.63, 3.8) is 0 Å². The number of nitrogens with two attached hydrogens (primary N) is 1. The molecule has 0 bridgehead atoms. The van der Waals surface area contributed by atoms with E-state index in [9.17, 15) is 25.5 Å². The van der Waals surface area contributed by atoms with Gasteiger partial charge >= 0.3 is 0 Å². The van der Waals surface area contributed by atoms with Gasteiger partial charge in [-0.25, -0.2) is 0 Å². The van der Waals surface area contributed by atoms with Crippen molar-refractivity contribution in [1.29, 1.82) is 0 Å². The normalized spacial score (nSPS) is 33.1. The molecule has 1 aromatic carbocycles. The number of aryl methyl sites for hydroxylation is 1. The second-order valence-corrected chi connectivity index (χ2v) is 16.1. The van der Waals surface area contributed by atoms with Crippen LogP contribution in [0.5, 0.6) is 11.5 Å². The van der Waals surface area contributed by atoms with Gasteiger partial charge in [0.1, 0.15) is 12.2 Å². The Kier molecular flexibility index (Phi) is 12.4. The quantitative estimate of drug-likeness (QED) is 0.127. The molecule has 1 aliphatic heterocycles. The Labute approximate surface area is 319 Å². The van der Waals surface area contributed by atoms with Gasteiger partial charge < -0.3 is 51.0 Å². The number of aromatic nitrogens is 1. The minimum Gasteiger partial charge on any atom is -0.504 e. The number of rotatable bonds is 10. The summed E-state index contributed by atoms with van der Waals surface area (Å²) in [5.41, 5.74) is 11.6. The summed E-state index contributed by atoms with van der Waals surface area (Å²) in [6.07, 6.45) is 13.0. The van der Waals surface area contributed by atoms with E-state index >= 15 is 0 Å². The molecule has 54 heavy (non-hydrogen) atoms. The number of aromatic hydroxyl groups is 1. The third-order valence-electron chi connectivity index (χ3n) is 12.8. The maximum atomic E-state index is 12.1. The molecule has 10 heteroatoms. The summed E-state index contributed by atoms with van der Waals surface area (Å²) < 4.78 is 13.0. The second kappa shape index (κ2) is 17.4. The van der Waals surface area contributed by atoms with Crippen LogP contribution in [0, 0.1) is 41.4 Å². The number of H-pyrrole nitrogens is 1. The van der Waals surface area contributed by atoms with Crippen molar-refractivity contribution >= 4 is 0 Å². The van der Waals surface area contributed by atoms with E-state index in [-0.39, 0.29) is 60.4 Å². The lowest BCUT2D eigenvalue weighted by atomic mass is 9.70. The molecule has 0 spiro atoms. The first-order valence-corrected chi connectivity index (χ1v) is 20.3. The molecular weight excluding hydrogens is 682 g/mol. The third-order valence-corrected chi connectivity index (χ3v) is 12.8. The molecule has 5 aliphatic rings. The number of dihydropyridines is 1. The van der Waals surface area contributed by atoms with E-state index in [2.05, 4.69) is 41.2 Å². The predicted octanol–water partition coefficient (Wildman–Crippen LogP) is 4.72. The van der Waals surface area contributed by atoms with Gasteiger partial charge in [0.05, 0.1) is 37.3 Å². The topological polar surface area (TPSA) is 173 Å². The van der Waals surface area contributed by atoms with Crippen LogP contribution in [-0.2, 0) is 17.6 Å². The Balaban J connectivity index is 1.23. The molecule has 292 valence electrons. The number of hydrogen-bond acceptors (Lipinski definition) is 9. The fourth-order valence-electron chi connectivity index (χ4n) is 9.90.